The molecule has 0 bridgehead atoms. The Morgan fingerprint density at radius 2 is 1.76 bits per heavy atom. The number of rotatable bonds is 5. The quantitative estimate of drug-likeness (QED) is 0.274. The van der Waals surface area contributed by atoms with E-state index in [1.807, 2.05) is 54.6 Å². The number of thioether (sulfide) groups is 1. The number of nitrogens with two attached hydrogens (primary N) is 3. The Kier molecular flexibility index (Phi) is 6.97. The Bertz CT molecular complexity index is 1540. The van der Waals surface area contributed by atoms with Crippen LogP contribution >= 0.6 is 11.8 Å². The van der Waals surface area contributed by atoms with Crippen LogP contribution in [0.25, 0.3) is 11.1 Å². The third kappa shape index (κ3) is 4.45. The van der Waals surface area contributed by atoms with E-state index in [4.69, 9.17) is 17.2 Å². The van der Waals surface area contributed by atoms with Crippen molar-refractivity contribution in [2.75, 3.05) is 18.8 Å². The zero-order chi connectivity index (χ0) is 28.9. The van der Waals surface area contributed by atoms with E-state index in [2.05, 4.69) is 11.9 Å². The molecule has 8 nitrogen and oxygen atoms in total. The maximum atomic E-state index is 14.1. The van der Waals surface area contributed by atoms with Crippen LogP contribution in [-0.4, -0.2) is 52.9 Å². The van der Waals surface area contributed by atoms with E-state index in [1.165, 1.54) is 17.8 Å². The first kappa shape index (κ1) is 27.3. The van der Waals surface area contributed by atoms with Crippen LogP contribution in [0.1, 0.15) is 35.4 Å². The second-order valence-electron chi connectivity index (χ2n) is 11.0. The van der Waals surface area contributed by atoms with E-state index < -0.39 is 22.7 Å². The Labute approximate surface area is 243 Å². The van der Waals surface area contributed by atoms with E-state index >= 15 is 0 Å². The summed E-state index contributed by atoms with van der Waals surface area (Å²) in [5.74, 6) is -1.28. The number of carbonyl (C=O) groups is 3. The molecule has 1 saturated heterocycles. The van der Waals surface area contributed by atoms with Crippen LogP contribution in [0.2, 0.25) is 0 Å². The molecular weight excluding hydrogens is 534 g/mol. The molecule has 210 valence electrons. The second-order valence-corrected chi connectivity index (χ2v) is 12.1. The second kappa shape index (κ2) is 10.5. The minimum Gasteiger partial charge on any atom is -0.398 e. The Balaban J connectivity index is 1.33. The first-order chi connectivity index (χ1) is 19.7. The van der Waals surface area contributed by atoms with Gasteiger partial charge in [0.25, 0.3) is 0 Å². The van der Waals surface area contributed by atoms with Crippen molar-refractivity contribution in [1.82, 2.24) is 10.2 Å². The molecule has 3 aromatic carbocycles. The molecule has 2 aliphatic heterocycles. The number of anilines is 1. The van der Waals surface area contributed by atoms with Crippen LogP contribution in [0, 0.1) is 0 Å². The minimum atomic E-state index is -1.48. The number of nitrogen functional groups attached to an aromatic ring is 1. The van der Waals surface area contributed by atoms with Crippen LogP contribution in [-0.2, 0) is 19.9 Å². The van der Waals surface area contributed by atoms with Crippen LogP contribution in [0.15, 0.2) is 84.3 Å². The van der Waals surface area contributed by atoms with Gasteiger partial charge in [-0.15, -0.1) is 11.8 Å². The van der Waals surface area contributed by atoms with Gasteiger partial charge in [-0.2, -0.15) is 0 Å². The number of carbonyl (C=O) groups excluding carboxylic acids is 3. The minimum absolute atomic E-state index is 0.153. The standard InChI is InChI=1S/C32H33N5O3S/c1-2-24(38)37-16-6-9-21(17-37)36-31(40)29-26-25-22(14-15-23(33)28(25)41-29)32(35,30(39)27(26)34)20-12-10-19(11-13-20)18-7-4-3-5-8-18/h2-5,7-8,10-15,21,26-27,29H,1,6,9,16-17,33-35H2,(H,36,40). The van der Waals surface area contributed by atoms with Gasteiger partial charge in [0.2, 0.25) is 11.8 Å². The van der Waals surface area contributed by atoms with Crippen molar-refractivity contribution >= 4 is 35.0 Å². The molecule has 0 radical (unpaired) electrons. The van der Waals surface area contributed by atoms with E-state index in [0.717, 1.165) is 34.4 Å². The van der Waals surface area contributed by atoms with Crippen molar-refractivity contribution in [3.05, 3.63) is 96.1 Å². The zero-order valence-electron chi connectivity index (χ0n) is 22.6. The number of nitrogens with one attached hydrogen (secondary N) is 1. The Morgan fingerprint density at radius 1 is 1.05 bits per heavy atom. The molecule has 2 amide bonds. The maximum absolute atomic E-state index is 14.1. The van der Waals surface area contributed by atoms with Crippen molar-refractivity contribution in [1.29, 1.82) is 0 Å². The van der Waals surface area contributed by atoms with E-state index in [9.17, 15) is 14.4 Å². The number of amides is 2. The molecule has 2 heterocycles. The fourth-order valence-electron chi connectivity index (χ4n) is 6.48. The summed E-state index contributed by atoms with van der Waals surface area (Å²) in [5.41, 5.74) is 23.3. The van der Waals surface area contributed by atoms with Crippen LogP contribution < -0.4 is 22.5 Å². The van der Waals surface area contributed by atoms with E-state index in [0.29, 0.717) is 29.9 Å². The van der Waals surface area contributed by atoms with Gasteiger partial charge < -0.3 is 27.4 Å². The molecule has 1 fully saturated rings. The van der Waals surface area contributed by atoms with Crippen molar-refractivity contribution < 1.29 is 14.4 Å². The summed E-state index contributed by atoms with van der Waals surface area (Å²) in [6.45, 7) is 4.61. The highest BCUT2D eigenvalue weighted by Crippen LogP contribution is 2.56. The van der Waals surface area contributed by atoms with Gasteiger partial charge >= 0.3 is 0 Å². The number of nitrogens with zero attached hydrogens (tertiary/aromatic N) is 1. The number of piperidine rings is 1. The van der Waals surface area contributed by atoms with Gasteiger partial charge in [-0.05, 0) is 52.8 Å². The molecule has 5 atom stereocenters. The Morgan fingerprint density at radius 3 is 2.46 bits per heavy atom. The largest absolute Gasteiger partial charge is 0.398 e. The number of hydrogen-bond donors (Lipinski definition) is 4. The summed E-state index contributed by atoms with van der Waals surface area (Å²) in [7, 11) is 0. The fourth-order valence-corrected chi connectivity index (χ4v) is 7.94. The lowest BCUT2D eigenvalue weighted by molar-refractivity contribution is -0.129. The summed E-state index contributed by atoms with van der Waals surface area (Å²) in [5, 5.41) is 2.46. The average Bonchev–Trinajstić information content (AvgIpc) is 3.42. The third-order valence-electron chi connectivity index (χ3n) is 8.59. The smallest absolute Gasteiger partial charge is 0.246 e. The average molecular weight is 568 g/mol. The van der Waals surface area contributed by atoms with Crippen LogP contribution in [0.4, 0.5) is 5.69 Å². The van der Waals surface area contributed by atoms with Gasteiger partial charge in [-0.25, -0.2) is 0 Å². The number of hydrogen-bond acceptors (Lipinski definition) is 7. The Hall–Kier alpha value is -3.92. The van der Waals surface area contributed by atoms with Crippen molar-refractivity contribution in [2.24, 2.45) is 11.5 Å². The number of benzene rings is 3. The summed E-state index contributed by atoms with van der Waals surface area (Å²) in [6.07, 6.45) is 2.82. The lowest BCUT2D eigenvalue weighted by Gasteiger charge is -2.41. The van der Waals surface area contributed by atoms with Crippen LogP contribution in [0.5, 0.6) is 0 Å². The van der Waals surface area contributed by atoms with Crippen molar-refractivity contribution in [3.63, 3.8) is 0 Å². The highest BCUT2D eigenvalue weighted by atomic mass is 32.2. The molecule has 6 rings (SSSR count). The molecule has 7 N–H and O–H groups in total. The first-order valence-electron chi connectivity index (χ1n) is 13.8. The number of likely N-dealkylation sites (tertiary alicyclic amines) is 1. The molecule has 0 spiro atoms. The van der Waals surface area contributed by atoms with E-state index in [1.54, 1.807) is 17.0 Å². The first-order valence-corrected chi connectivity index (χ1v) is 14.7. The molecule has 0 aromatic heterocycles. The highest BCUT2D eigenvalue weighted by Gasteiger charge is 2.56. The van der Waals surface area contributed by atoms with Crippen LogP contribution in [0.3, 0.4) is 0 Å². The highest BCUT2D eigenvalue weighted by molar-refractivity contribution is 8.01. The predicted molar refractivity (Wildman–Crippen MR) is 161 cm³/mol. The third-order valence-corrected chi connectivity index (χ3v) is 10.0. The van der Waals surface area contributed by atoms with Crippen molar-refractivity contribution in [3.8, 4) is 11.1 Å². The lowest BCUT2D eigenvalue weighted by atomic mass is 9.65. The molecule has 1 aliphatic carbocycles. The normalized spacial score (nSPS) is 26.8. The molecule has 3 aliphatic rings. The maximum Gasteiger partial charge on any atom is 0.246 e. The molecule has 9 heteroatoms. The fraction of sp³-hybridized carbons (Fsp3) is 0.281. The van der Waals surface area contributed by atoms with Gasteiger partial charge in [0.15, 0.2) is 5.78 Å². The lowest BCUT2D eigenvalue weighted by Crippen LogP contribution is -2.61. The zero-order valence-corrected chi connectivity index (χ0v) is 23.4. The molecular formula is C32H33N5O3S. The number of Topliss-reactive ketones (excluding diaryl/α,β-unsaturated/α-hetero) is 1. The van der Waals surface area contributed by atoms with Gasteiger partial charge in [0, 0.05) is 35.6 Å². The van der Waals surface area contributed by atoms with Gasteiger partial charge in [-0.3, -0.25) is 14.4 Å². The van der Waals surface area contributed by atoms with Gasteiger partial charge in [0.1, 0.15) is 5.54 Å². The summed E-state index contributed by atoms with van der Waals surface area (Å²) in [4.78, 5) is 42.4. The summed E-state index contributed by atoms with van der Waals surface area (Å²) < 4.78 is 0. The SMILES string of the molecule is C=CC(=O)N1CCCC(NC(=O)C2Sc3c(N)ccc4c3C2C(N)C(=O)C4(N)c2ccc(-c3ccccc3)cc2)C1. The topological polar surface area (TPSA) is 145 Å². The molecule has 0 saturated carbocycles. The van der Waals surface area contributed by atoms with Crippen molar-refractivity contribution in [2.45, 2.75) is 46.5 Å². The van der Waals surface area contributed by atoms with Gasteiger partial charge in [0.05, 0.1) is 11.3 Å². The van der Waals surface area contributed by atoms with Gasteiger partial charge in [-0.1, -0.05) is 67.2 Å². The molecule has 5 unspecified atom stereocenters. The monoisotopic (exact) mass is 567 g/mol. The predicted octanol–water partition coefficient (Wildman–Crippen LogP) is 2.90. The number of ketones is 1. The molecule has 3 aromatic rings. The summed E-state index contributed by atoms with van der Waals surface area (Å²) >= 11 is 1.34. The summed E-state index contributed by atoms with van der Waals surface area (Å²) in [6, 6.07) is 20.0. The molecule has 41 heavy (non-hydrogen) atoms. The van der Waals surface area contributed by atoms with E-state index in [-0.39, 0.29) is 23.6 Å².